The number of ether oxygens (including phenoxy) is 2. The molecule has 4 nitrogen and oxygen atoms in total. The lowest BCUT2D eigenvalue weighted by molar-refractivity contribution is -0.134. The SMILES string of the molecule is CCCC(=O)N1CCC=CC(OC)C(OC)C1. The minimum Gasteiger partial charge on any atom is -0.377 e. The Balaban J connectivity index is 2.69. The number of carbonyl (C=O) groups is 1. The largest absolute Gasteiger partial charge is 0.377 e. The van der Waals surface area contributed by atoms with E-state index >= 15 is 0 Å². The molecule has 0 aromatic rings. The molecular weight excluding hydrogens is 218 g/mol. The number of rotatable bonds is 4. The summed E-state index contributed by atoms with van der Waals surface area (Å²) in [4.78, 5) is 13.8. The molecule has 17 heavy (non-hydrogen) atoms. The molecule has 0 aliphatic carbocycles. The maximum Gasteiger partial charge on any atom is 0.222 e. The van der Waals surface area contributed by atoms with E-state index in [-0.39, 0.29) is 18.1 Å². The molecule has 0 aromatic heterocycles. The van der Waals surface area contributed by atoms with Crippen molar-refractivity contribution in [3.05, 3.63) is 12.2 Å². The van der Waals surface area contributed by atoms with E-state index in [1.165, 1.54) is 0 Å². The van der Waals surface area contributed by atoms with Gasteiger partial charge < -0.3 is 14.4 Å². The summed E-state index contributed by atoms with van der Waals surface area (Å²) in [5, 5.41) is 0. The molecule has 1 aliphatic heterocycles. The molecule has 1 amide bonds. The first-order valence-electron chi connectivity index (χ1n) is 6.23. The molecule has 0 spiro atoms. The number of hydrogen-bond acceptors (Lipinski definition) is 3. The third kappa shape index (κ3) is 4.13. The van der Waals surface area contributed by atoms with E-state index in [1.54, 1.807) is 14.2 Å². The van der Waals surface area contributed by atoms with Crippen molar-refractivity contribution in [1.29, 1.82) is 0 Å². The van der Waals surface area contributed by atoms with E-state index in [1.807, 2.05) is 17.9 Å². The molecule has 0 fully saturated rings. The quantitative estimate of drug-likeness (QED) is 0.702. The van der Waals surface area contributed by atoms with Crippen LogP contribution in [0.2, 0.25) is 0 Å². The van der Waals surface area contributed by atoms with Crippen molar-refractivity contribution >= 4 is 5.91 Å². The topological polar surface area (TPSA) is 38.8 Å². The van der Waals surface area contributed by atoms with E-state index < -0.39 is 0 Å². The molecule has 0 aromatic carbocycles. The Kier molecular flexibility index (Phi) is 6.22. The first kappa shape index (κ1) is 14.2. The number of carbonyl (C=O) groups excluding carboxylic acids is 1. The van der Waals surface area contributed by atoms with Crippen LogP contribution >= 0.6 is 0 Å². The molecule has 4 heteroatoms. The zero-order valence-corrected chi connectivity index (χ0v) is 11.0. The normalized spacial score (nSPS) is 25.5. The Hall–Kier alpha value is -0.870. The highest BCUT2D eigenvalue weighted by molar-refractivity contribution is 5.76. The second kappa shape index (κ2) is 7.45. The van der Waals surface area contributed by atoms with Crippen LogP contribution in [-0.4, -0.2) is 50.3 Å². The summed E-state index contributed by atoms with van der Waals surface area (Å²) in [6.07, 6.45) is 6.30. The van der Waals surface area contributed by atoms with Gasteiger partial charge in [-0.1, -0.05) is 19.1 Å². The molecule has 2 atom stereocenters. The lowest BCUT2D eigenvalue weighted by Gasteiger charge is -2.31. The van der Waals surface area contributed by atoms with Crippen LogP contribution in [0.15, 0.2) is 12.2 Å². The van der Waals surface area contributed by atoms with Crippen LogP contribution in [0, 0.1) is 0 Å². The highest BCUT2D eigenvalue weighted by Crippen LogP contribution is 2.12. The Morgan fingerprint density at radius 1 is 1.41 bits per heavy atom. The maximum absolute atomic E-state index is 11.9. The molecule has 0 saturated carbocycles. The molecule has 1 heterocycles. The lowest BCUT2D eigenvalue weighted by atomic mass is 10.1. The number of nitrogens with zero attached hydrogens (tertiary/aromatic N) is 1. The van der Waals surface area contributed by atoms with Gasteiger partial charge in [-0.15, -0.1) is 0 Å². The van der Waals surface area contributed by atoms with Gasteiger partial charge >= 0.3 is 0 Å². The van der Waals surface area contributed by atoms with Gasteiger partial charge in [0, 0.05) is 33.7 Å². The highest BCUT2D eigenvalue weighted by Gasteiger charge is 2.25. The minimum atomic E-state index is -0.0858. The minimum absolute atomic E-state index is 0.0720. The summed E-state index contributed by atoms with van der Waals surface area (Å²) in [5.41, 5.74) is 0. The highest BCUT2D eigenvalue weighted by atomic mass is 16.5. The lowest BCUT2D eigenvalue weighted by Crippen LogP contribution is -2.44. The van der Waals surface area contributed by atoms with Gasteiger partial charge in [-0.05, 0) is 12.8 Å². The van der Waals surface area contributed by atoms with E-state index in [0.717, 1.165) is 19.4 Å². The third-order valence-electron chi connectivity index (χ3n) is 3.05. The first-order chi connectivity index (χ1) is 8.22. The van der Waals surface area contributed by atoms with E-state index in [4.69, 9.17) is 9.47 Å². The van der Waals surface area contributed by atoms with Crippen LogP contribution in [0.25, 0.3) is 0 Å². The fourth-order valence-corrected chi connectivity index (χ4v) is 2.03. The zero-order chi connectivity index (χ0) is 12.7. The Labute approximate surface area is 104 Å². The molecule has 0 saturated heterocycles. The summed E-state index contributed by atoms with van der Waals surface area (Å²) < 4.78 is 10.8. The van der Waals surface area contributed by atoms with Gasteiger partial charge in [0.1, 0.15) is 12.2 Å². The van der Waals surface area contributed by atoms with Crippen molar-refractivity contribution in [3.63, 3.8) is 0 Å². The van der Waals surface area contributed by atoms with Gasteiger partial charge in [-0.2, -0.15) is 0 Å². The average molecular weight is 241 g/mol. The van der Waals surface area contributed by atoms with Crippen molar-refractivity contribution < 1.29 is 14.3 Å². The van der Waals surface area contributed by atoms with Crippen molar-refractivity contribution in [3.8, 4) is 0 Å². The van der Waals surface area contributed by atoms with E-state index in [2.05, 4.69) is 6.08 Å². The van der Waals surface area contributed by atoms with Crippen molar-refractivity contribution in [2.75, 3.05) is 27.3 Å². The second-order valence-electron chi connectivity index (χ2n) is 4.28. The maximum atomic E-state index is 11.9. The molecule has 98 valence electrons. The van der Waals surface area contributed by atoms with Crippen molar-refractivity contribution in [2.24, 2.45) is 0 Å². The van der Waals surface area contributed by atoms with Crippen LogP contribution in [0.1, 0.15) is 26.2 Å². The predicted molar refractivity (Wildman–Crippen MR) is 66.8 cm³/mol. The second-order valence-corrected chi connectivity index (χ2v) is 4.28. The number of hydrogen-bond donors (Lipinski definition) is 0. The summed E-state index contributed by atoms with van der Waals surface area (Å²) in [6, 6.07) is 0. The van der Waals surface area contributed by atoms with Crippen molar-refractivity contribution in [2.45, 2.75) is 38.4 Å². The van der Waals surface area contributed by atoms with Crippen LogP contribution in [0.4, 0.5) is 0 Å². The third-order valence-corrected chi connectivity index (χ3v) is 3.05. The predicted octanol–water partition coefficient (Wildman–Crippen LogP) is 1.60. The standard InChI is InChI=1S/C13H23NO3/c1-4-7-13(15)14-9-6-5-8-11(16-2)12(10-14)17-3/h5,8,11-12H,4,6-7,9-10H2,1-3H3. The molecule has 0 bridgehead atoms. The Morgan fingerprint density at radius 3 is 2.76 bits per heavy atom. The van der Waals surface area contributed by atoms with Gasteiger partial charge in [-0.3, -0.25) is 4.79 Å². The van der Waals surface area contributed by atoms with E-state index in [0.29, 0.717) is 13.0 Å². The Morgan fingerprint density at radius 2 is 2.18 bits per heavy atom. The monoisotopic (exact) mass is 241 g/mol. The van der Waals surface area contributed by atoms with Gasteiger partial charge in [0.05, 0.1) is 0 Å². The van der Waals surface area contributed by atoms with Crippen LogP contribution in [-0.2, 0) is 14.3 Å². The first-order valence-corrected chi connectivity index (χ1v) is 6.23. The molecule has 0 radical (unpaired) electrons. The summed E-state index contributed by atoms with van der Waals surface area (Å²) in [6.45, 7) is 3.40. The van der Waals surface area contributed by atoms with Gasteiger partial charge in [-0.25, -0.2) is 0 Å². The van der Waals surface area contributed by atoms with Gasteiger partial charge in [0.15, 0.2) is 0 Å². The fourth-order valence-electron chi connectivity index (χ4n) is 2.03. The summed E-state index contributed by atoms with van der Waals surface area (Å²) >= 11 is 0. The molecular formula is C13H23NO3. The summed E-state index contributed by atoms with van der Waals surface area (Å²) in [5.74, 6) is 0.208. The molecule has 0 N–H and O–H groups in total. The Bertz CT molecular complexity index is 265. The molecule has 1 rings (SSSR count). The average Bonchev–Trinajstić information content (AvgIpc) is 2.30. The van der Waals surface area contributed by atoms with Gasteiger partial charge in [0.25, 0.3) is 0 Å². The van der Waals surface area contributed by atoms with Gasteiger partial charge in [0.2, 0.25) is 5.91 Å². The smallest absolute Gasteiger partial charge is 0.222 e. The number of methoxy groups -OCH3 is 2. The van der Waals surface area contributed by atoms with E-state index in [9.17, 15) is 4.79 Å². The molecule has 2 unspecified atom stereocenters. The summed E-state index contributed by atoms with van der Waals surface area (Å²) in [7, 11) is 3.33. The van der Waals surface area contributed by atoms with Crippen LogP contribution in [0.5, 0.6) is 0 Å². The van der Waals surface area contributed by atoms with Crippen LogP contribution in [0.3, 0.4) is 0 Å². The fraction of sp³-hybridized carbons (Fsp3) is 0.769. The zero-order valence-electron chi connectivity index (χ0n) is 11.0. The molecule has 1 aliphatic rings. The van der Waals surface area contributed by atoms with Crippen molar-refractivity contribution in [1.82, 2.24) is 4.90 Å². The van der Waals surface area contributed by atoms with Crippen LogP contribution < -0.4 is 0 Å². The number of amides is 1.